The van der Waals surface area contributed by atoms with E-state index in [0.29, 0.717) is 13.1 Å². The van der Waals surface area contributed by atoms with Crippen LogP contribution in [-0.4, -0.2) is 97.9 Å². The van der Waals surface area contributed by atoms with Crippen LogP contribution in [0.4, 0.5) is 0 Å². The number of hydrogen-bond acceptors (Lipinski definition) is 4. The summed E-state index contributed by atoms with van der Waals surface area (Å²) in [5, 5.41) is 0. The standard InChI is InChI=1S/C34H70N4O2/c1-7-11-15-19-21-25-35(5)33(39)31-37(27-23-17-13-9-3)29-30-38(28-24-18-14-10-4)32-34(40)36(6)26-22-20-16-12-8-2/h7-32H2,1-6H3. The lowest BCUT2D eigenvalue weighted by molar-refractivity contribution is -0.132. The molecule has 0 aromatic heterocycles. The molecule has 0 aliphatic rings. The Morgan fingerprint density at radius 1 is 0.375 bits per heavy atom. The molecule has 0 aliphatic carbocycles. The molecule has 6 heteroatoms. The third-order valence-corrected chi connectivity index (χ3v) is 8.15. The van der Waals surface area contributed by atoms with E-state index in [1.807, 2.05) is 23.9 Å². The van der Waals surface area contributed by atoms with Crippen molar-refractivity contribution in [2.75, 3.05) is 66.5 Å². The Hall–Kier alpha value is -1.14. The highest BCUT2D eigenvalue weighted by Gasteiger charge is 2.18. The van der Waals surface area contributed by atoms with E-state index < -0.39 is 0 Å². The lowest BCUT2D eigenvalue weighted by Crippen LogP contribution is -2.45. The van der Waals surface area contributed by atoms with Crippen molar-refractivity contribution in [2.45, 2.75) is 143 Å². The summed E-state index contributed by atoms with van der Waals surface area (Å²) in [6, 6.07) is 0. The number of likely N-dealkylation sites (N-methyl/N-ethyl adjacent to an activating group) is 2. The number of carbonyl (C=O) groups excluding carboxylic acids is 2. The molecule has 238 valence electrons. The Balaban J connectivity index is 4.99. The molecular weight excluding hydrogens is 496 g/mol. The predicted molar refractivity (Wildman–Crippen MR) is 174 cm³/mol. The zero-order valence-electron chi connectivity index (χ0n) is 28.0. The fraction of sp³-hybridized carbons (Fsp3) is 0.941. The quantitative estimate of drug-likeness (QED) is 0.0874. The molecule has 6 nitrogen and oxygen atoms in total. The molecule has 0 aliphatic heterocycles. The molecule has 2 amide bonds. The van der Waals surface area contributed by atoms with Crippen molar-refractivity contribution in [2.24, 2.45) is 0 Å². The van der Waals surface area contributed by atoms with Gasteiger partial charge in [-0.25, -0.2) is 0 Å². The van der Waals surface area contributed by atoms with E-state index in [1.165, 1.54) is 89.9 Å². The SMILES string of the molecule is CCCCCCCN(C)C(=O)CN(CCCCCC)CCN(CCCCCC)CC(=O)N(C)CCCCCCC. The number of carbonyl (C=O) groups is 2. The average molecular weight is 567 g/mol. The molecule has 0 N–H and O–H groups in total. The molecule has 0 aromatic carbocycles. The molecule has 0 unspecified atom stereocenters. The Kier molecular flexibility index (Phi) is 27.2. The molecule has 0 saturated heterocycles. The second-order valence-electron chi connectivity index (χ2n) is 12.1. The van der Waals surface area contributed by atoms with E-state index >= 15 is 0 Å². The van der Waals surface area contributed by atoms with Crippen LogP contribution >= 0.6 is 0 Å². The lowest BCUT2D eigenvalue weighted by Gasteiger charge is -2.29. The first-order valence-corrected chi connectivity index (χ1v) is 17.3. The first-order chi connectivity index (χ1) is 19.4. The number of hydrogen-bond donors (Lipinski definition) is 0. The summed E-state index contributed by atoms with van der Waals surface area (Å²) < 4.78 is 0. The second kappa shape index (κ2) is 28.0. The molecule has 0 atom stereocenters. The van der Waals surface area contributed by atoms with Crippen LogP contribution in [0.2, 0.25) is 0 Å². The molecule has 0 heterocycles. The predicted octanol–water partition coefficient (Wildman–Crippen LogP) is 7.61. The smallest absolute Gasteiger partial charge is 0.236 e. The topological polar surface area (TPSA) is 47.1 Å². The van der Waals surface area contributed by atoms with Gasteiger partial charge in [-0.3, -0.25) is 19.4 Å². The van der Waals surface area contributed by atoms with Gasteiger partial charge in [-0.1, -0.05) is 118 Å². The maximum atomic E-state index is 13.1. The highest BCUT2D eigenvalue weighted by molar-refractivity contribution is 5.78. The van der Waals surface area contributed by atoms with Gasteiger partial charge in [-0.2, -0.15) is 0 Å². The molecule has 0 bridgehead atoms. The Bertz CT molecular complexity index is 536. The number of unbranched alkanes of at least 4 members (excludes halogenated alkanes) is 14. The second-order valence-corrected chi connectivity index (χ2v) is 12.1. The maximum Gasteiger partial charge on any atom is 0.236 e. The van der Waals surface area contributed by atoms with Gasteiger partial charge in [-0.15, -0.1) is 0 Å². The van der Waals surface area contributed by atoms with Crippen molar-refractivity contribution in [3.05, 3.63) is 0 Å². The summed E-state index contributed by atoms with van der Waals surface area (Å²) >= 11 is 0. The Labute approximate surface area is 250 Å². The van der Waals surface area contributed by atoms with Gasteiger partial charge in [0, 0.05) is 40.3 Å². The molecule has 40 heavy (non-hydrogen) atoms. The van der Waals surface area contributed by atoms with E-state index in [9.17, 15) is 9.59 Å². The first kappa shape index (κ1) is 38.9. The molecule has 0 radical (unpaired) electrons. The fourth-order valence-corrected chi connectivity index (χ4v) is 5.13. The number of nitrogens with zero attached hydrogens (tertiary/aromatic N) is 4. The van der Waals surface area contributed by atoms with Crippen LogP contribution in [0.3, 0.4) is 0 Å². The van der Waals surface area contributed by atoms with Crippen LogP contribution in [0, 0.1) is 0 Å². The molecule has 0 saturated carbocycles. The lowest BCUT2D eigenvalue weighted by atomic mass is 10.1. The summed E-state index contributed by atoms with van der Waals surface area (Å²) in [6.07, 6.45) is 21.9. The zero-order chi connectivity index (χ0) is 29.8. The Morgan fingerprint density at radius 3 is 0.975 bits per heavy atom. The number of rotatable bonds is 29. The van der Waals surface area contributed by atoms with Crippen LogP contribution in [0.15, 0.2) is 0 Å². The van der Waals surface area contributed by atoms with Gasteiger partial charge in [0.15, 0.2) is 0 Å². The van der Waals surface area contributed by atoms with Gasteiger partial charge >= 0.3 is 0 Å². The van der Waals surface area contributed by atoms with Gasteiger partial charge in [0.2, 0.25) is 11.8 Å². The minimum absolute atomic E-state index is 0.236. The molecule has 0 aromatic rings. The van der Waals surface area contributed by atoms with Crippen LogP contribution in [0.25, 0.3) is 0 Å². The summed E-state index contributed by atoms with van der Waals surface area (Å²) in [5.74, 6) is 0.471. The van der Waals surface area contributed by atoms with Crippen LogP contribution in [0.1, 0.15) is 143 Å². The van der Waals surface area contributed by atoms with Gasteiger partial charge in [-0.05, 0) is 38.8 Å². The van der Waals surface area contributed by atoms with Crippen molar-refractivity contribution >= 4 is 11.8 Å². The van der Waals surface area contributed by atoms with E-state index in [4.69, 9.17) is 0 Å². The van der Waals surface area contributed by atoms with Crippen LogP contribution in [-0.2, 0) is 9.59 Å². The van der Waals surface area contributed by atoms with E-state index in [2.05, 4.69) is 37.5 Å². The normalized spacial score (nSPS) is 11.5. The molecule has 0 rings (SSSR count). The average Bonchev–Trinajstić information content (AvgIpc) is 2.95. The molecular formula is C34H70N4O2. The number of amides is 2. The highest BCUT2D eigenvalue weighted by atomic mass is 16.2. The summed E-state index contributed by atoms with van der Waals surface area (Å²) in [4.78, 5) is 34.8. The Morgan fingerprint density at radius 2 is 0.650 bits per heavy atom. The summed E-state index contributed by atoms with van der Waals surface area (Å²) in [6.45, 7) is 15.3. The minimum Gasteiger partial charge on any atom is -0.345 e. The minimum atomic E-state index is 0.236. The van der Waals surface area contributed by atoms with Gasteiger partial charge in [0.25, 0.3) is 0 Å². The largest absolute Gasteiger partial charge is 0.345 e. The third-order valence-electron chi connectivity index (χ3n) is 8.15. The van der Waals surface area contributed by atoms with Gasteiger partial charge < -0.3 is 9.80 Å². The third kappa shape index (κ3) is 22.5. The molecule has 0 spiro atoms. The zero-order valence-corrected chi connectivity index (χ0v) is 28.0. The molecule has 0 fully saturated rings. The van der Waals surface area contributed by atoms with E-state index in [0.717, 1.165) is 65.0 Å². The maximum absolute atomic E-state index is 13.1. The van der Waals surface area contributed by atoms with Crippen molar-refractivity contribution in [1.82, 2.24) is 19.6 Å². The fourth-order valence-electron chi connectivity index (χ4n) is 5.13. The monoisotopic (exact) mass is 567 g/mol. The first-order valence-electron chi connectivity index (χ1n) is 17.3. The summed E-state index contributed by atoms with van der Waals surface area (Å²) in [7, 11) is 3.93. The highest BCUT2D eigenvalue weighted by Crippen LogP contribution is 2.08. The van der Waals surface area contributed by atoms with Crippen molar-refractivity contribution < 1.29 is 9.59 Å². The van der Waals surface area contributed by atoms with Crippen molar-refractivity contribution in [3.63, 3.8) is 0 Å². The van der Waals surface area contributed by atoms with Crippen molar-refractivity contribution in [1.29, 1.82) is 0 Å². The van der Waals surface area contributed by atoms with Gasteiger partial charge in [0.05, 0.1) is 13.1 Å². The van der Waals surface area contributed by atoms with Crippen molar-refractivity contribution in [3.8, 4) is 0 Å². The van der Waals surface area contributed by atoms with E-state index in [1.54, 1.807) is 0 Å². The van der Waals surface area contributed by atoms with Crippen LogP contribution < -0.4 is 0 Å². The van der Waals surface area contributed by atoms with E-state index in [-0.39, 0.29) is 11.8 Å². The van der Waals surface area contributed by atoms with Crippen LogP contribution in [0.5, 0.6) is 0 Å². The van der Waals surface area contributed by atoms with Gasteiger partial charge in [0.1, 0.15) is 0 Å². The summed E-state index contributed by atoms with van der Waals surface area (Å²) in [5.41, 5.74) is 0.